The zero-order valence-corrected chi connectivity index (χ0v) is 16.0. The summed E-state index contributed by atoms with van der Waals surface area (Å²) in [6.45, 7) is 0. The second kappa shape index (κ2) is 6.29. The van der Waals surface area contributed by atoms with Crippen LogP contribution < -0.4 is 0 Å². The van der Waals surface area contributed by atoms with E-state index in [9.17, 15) is 5.21 Å². The number of hydrogen-bond acceptors (Lipinski definition) is 4. The van der Waals surface area contributed by atoms with Crippen molar-refractivity contribution >= 4 is 23.0 Å². The van der Waals surface area contributed by atoms with Crippen molar-refractivity contribution < 1.29 is 9.85 Å². The number of hydroxylamine groups is 3. The van der Waals surface area contributed by atoms with Gasteiger partial charge >= 0.3 is 0 Å². The molecule has 6 rings (SSSR count). The number of quaternary nitrogens is 1. The van der Waals surface area contributed by atoms with Crippen molar-refractivity contribution in [3.63, 3.8) is 0 Å². The molecule has 1 unspecified atom stereocenters. The molecule has 1 atom stereocenters. The Balaban J connectivity index is 1.48. The summed E-state index contributed by atoms with van der Waals surface area (Å²) in [4.78, 5) is 13.9. The van der Waals surface area contributed by atoms with Gasteiger partial charge in [-0.1, -0.05) is 65.3 Å². The number of fused-ring (bicyclic) bond motifs is 2. The molecule has 30 heavy (non-hydrogen) atoms. The summed E-state index contributed by atoms with van der Waals surface area (Å²) in [7, 11) is 0. The van der Waals surface area contributed by atoms with Crippen molar-refractivity contribution in [3.05, 3.63) is 114 Å². The smallest absolute Gasteiger partial charge is 0.253 e. The van der Waals surface area contributed by atoms with Gasteiger partial charge in [0.2, 0.25) is 5.70 Å². The highest BCUT2D eigenvalue weighted by molar-refractivity contribution is 6.03. The quantitative estimate of drug-likeness (QED) is 0.631. The van der Waals surface area contributed by atoms with Gasteiger partial charge in [0.25, 0.3) is 5.84 Å². The average Bonchev–Trinajstić information content (AvgIpc) is 3.05. The van der Waals surface area contributed by atoms with E-state index in [0.29, 0.717) is 11.5 Å². The Morgan fingerprint density at radius 2 is 1.73 bits per heavy atom. The topological polar surface area (TPSA) is 57.8 Å². The number of nitrogens with zero attached hydrogens (tertiary/aromatic N) is 4. The number of allylic oxidation sites excluding steroid dienone is 4. The molecule has 142 valence electrons. The van der Waals surface area contributed by atoms with Crippen LogP contribution >= 0.6 is 0 Å². The van der Waals surface area contributed by atoms with Crippen molar-refractivity contribution in [1.82, 2.24) is 4.98 Å². The van der Waals surface area contributed by atoms with Crippen molar-refractivity contribution in [3.8, 4) is 11.3 Å². The number of amidine groups is 1. The van der Waals surface area contributed by atoms with Gasteiger partial charge in [-0.25, -0.2) is 4.98 Å². The Bertz CT molecular complexity index is 1390. The zero-order chi connectivity index (χ0) is 20.1. The molecule has 1 aromatic heterocycles. The number of hydrogen-bond donors (Lipinski definition) is 1. The number of pyridine rings is 1. The van der Waals surface area contributed by atoms with E-state index in [2.05, 4.69) is 11.1 Å². The Hall–Kier alpha value is -3.93. The molecule has 1 N–H and O–H groups in total. The minimum atomic E-state index is -0.492. The zero-order valence-electron chi connectivity index (χ0n) is 16.0. The third-order valence-corrected chi connectivity index (χ3v) is 5.56. The molecule has 3 aliphatic rings. The predicted octanol–water partition coefficient (Wildman–Crippen LogP) is 5.13. The summed E-state index contributed by atoms with van der Waals surface area (Å²) < 4.78 is -0.492. The third kappa shape index (κ3) is 2.47. The molecule has 5 nitrogen and oxygen atoms in total. The SMILES string of the molecule is O[N+]12C=CN=CC1=C(C1=CC=C1)N=C2c1ccc2ccc(-c3ccccc3)nc2c1. The van der Waals surface area contributed by atoms with Gasteiger partial charge in [0.15, 0.2) is 6.20 Å². The van der Waals surface area contributed by atoms with Crippen molar-refractivity contribution in [2.75, 3.05) is 0 Å². The third-order valence-electron chi connectivity index (χ3n) is 5.56. The van der Waals surface area contributed by atoms with E-state index < -0.39 is 4.65 Å². The van der Waals surface area contributed by atoms with E-state index in [1.165, 1.54) is 0 Å². The standard InChI is InChI=1S/C25H17N4O/c30-29-14-13-26-16-23(29)24(19-7-4-8-19)28-25(29)20-10-9-18-11-12-21(27-22(18)15-20)17-5-2-1-3-6-17/h1-16,30H/q+1. The predicted molar refractivity (Wildman–Crippen MR) is 118 cm³/mol. The molecular formula is C25H17N4O+. The molecule has 0 bridgehead atoms. The van der Waals surface area contributed by atoms with Gasteiger partial charge in [0, 0.05) is 16.5 Å². The van der Waals surface area contributed by atoms with Gasteiger partial charge in [-0.3, -0.25) is 4.99 Å². The first kappa shape index (κ1) is 17.0. The second-order valence-corrected chi connectivity index (χ2v) is 7.38. The van der Waals surface area contributed by atoms with Crippen molar-refractivity contribution in [1.29, 1.82) is 0 Å². The maximum Gasteiger partial charge on any atom is 0.278 e. The van der Waals surface area contributed by atoms with Gasteiger partial charge in [-0.15, -0.1) is 0 Å². The molecule has 0 fully saturated rings. The molecule has 0 saturated carbocycles. The number of aliphatic imine (C=N–C) groups is 2. The molecule has 2 aromatic carbocycles. The molecule has 2 aliphatic heterocycles. The summed E-state index contributed by atoms with van der Waals surface area (Å²) in [6, 6.07) is 20.2. The fourth-order valence-corrected chi connectivity index (χ4v) is 3.91. The van der Waals surface area contributed by atoms with Gasteiger partial charge in [-0.05, 0) is 18.2 Å². The highest BCUT2D eigenvalue weighted by Gasteiger charge is 2.46. The lowest BCUT2D eigenvalue weighted by Crippen LogP contribution is -2.43. The van der Waals surface area contributed by atoms with Crippen LogP contribution in [-0.2, 0) is 0 Å². The first-order valence-electron chi connectivity index (χ1n) is 9.74. The van der Waals surface area contributed by atoms with Crippen molar-refractivity contribution in [2.45, 2.75) is 0 Å². The molecule has 0 spiro atoms. The highest BCUT2D eigenvalue weighted by atomic mass is 16.5. The number of rotatable bonds is 3. The van der Waals surface area contributed by atoms with Crippen LogP contribution in [0.3, 0.4) is 0 Å². The van der Waals surface area contributed by atoms with Crippen LogP contribution in [0.15, 0.2) is 118 Å². The van der Waals surface area contributed by atoms with Crippen LogP contribution in [0.5, 0.6) is 0 Å². The highest BCUT2D eigenvalue weighted by Crippen LogP contribution is 2.37. The van der Waals surface area contributed by atoms with Gasteiger partial charge in [0.1, 0.15) is 5.70 Å². The van der Waals surface area contributed by atoms with E-state index in [-0.39, 0.29) is 0 Å². The van der Waals surface area contributed by atoms with E-state index in [1.807, 2.05) is 72.8 Å². The molecule has 0 amide bonds. The average molecular weight is 389 g/mol. The fourth-order valence-electron chi connectivity index (χ4n) is 3.91. The van der Waals surface area contributed by atoms with Crippen LogP contribution in [0.25, 0.3) is 22.2 Å². The molecular weight excluding hydrogens is 372 g/mol. The van der Waals surface area contributed by atoms with E-state index >= 15 is 0 Å². The van der Waals surface area contributed by atoms with E-state index in [4.69, 9.17) is 9.98 Å². The van der Waals surface area contributed by atoms with E-state index in [0.717, 1.165) is 39.0 Å². The minimum absolute atomic E-state index is 0.492. The molecule has 5 heteroatoms. The maximum atomic E-state index is 11.5. The first-order chi connectivity index (χ1) is 14.7. The lowest BCUT2D eigenvalue weighted by atomic mass is 10.0. The fraction of sp³-hybridized carbons (Fsp3) is 0. The minimum Gasteiger partial charge on any atom is -0.253 e. The molecule has 0 radical (unpaired) electrons. The van der Waals surface area contributed by atoms with Crippen LogP contribution in [0, 0.1) is 0 Å². The van der Waals surface area contributed by atoms with Gasteiger partial charge in [-0.2, -0.15) is 10.2 Å². The summed E-state index contributed by atoms with van der Waals surface area (Å²) in [5, 5.41) is 12.5. The number of aromatic nitrogens is 1. The Morgan fingerprint density at radius 3 is 2.53 bits per heavy atom. The summed E-state index contributed by atoms with van der Waals surface area (Å²) >= 11 is 0. The second-order valence-electron chi connectivity index (χ2n) is 7.38. The molecule has 1 aliphatic carbocycles. The lowest BCUT2D eigenvalue weighted by Gasteiger charge is -2.23. The van der Waals surface area contributed by atoms with Crippen LogP contribution in [0.4, 0.5) is 0 Å². The largest absolute Gasteiger partial charge is 0.278 e. The summed E-state index contributed by atoms with van der Waals surface area (Å²) in [5.41, 5.74) is 6.04. The van der Waals surface area contributed by atoms with Gasteiger partial charge < -0.3 is 0 Å². The van der Waals surface area contributed by atoms with Crippen LogP contribution in [0.2, 0.25) is 0 Å². The summed E-state index contributed by atoms with van der Waals surface area (Å²) in [6.07, 6.45) is 10.8. The Kier molecular flexibility index (Phi) is 3.56. The van der Waals surface area contributed by atoms with Crippen molar-refractivity contribution in [2.24, 2.45) is 9.98 Å². The molecule has 0 saturated heterocycles. The van der Waals surface area contributed by atoms with Crippen LogP contribution in [-0.4, -0.2) is 26.9 Å². The monoisotopic (exact) mass is 389 g/mol. The summed E-state index contributed by atoms with van der Waals surface area (Å²) in [5.74, 6) is 0.539. The van der Waals surface area contributed by atoms with E-state index in [1.54, 1.807) is 18.6 Å². The number of benzene rings is 2. The molecule has 3 aromatic rings. The lowest BCUT2D eigenvalue weighted by molar-refractivity contribution is -0.950. The first-order valence-corrected chi connectivity index (χ1v) is 9.74. The Labute approximate surface area is 173 Å². The van der Waals surface area contributed by atoms with Gasteiger partial charge in [0.05, 0.1) is 29.2 Å². The molecule has 3 heterocycles. The van der Waals surface area contributed by atoms with Crippen LogP contribution in [0.1, 0.15) is 5.56 Å². The maximum absolute atomic E-state index is 11.5. The Morgan fingerprint density at radius 1 is 0.900 bits per heavy atom. The normalized spacial score (nSPS) is 21.5.